The Morgan fingerprint density at radius 3 is 2.56 bits per heavy atom. The zero-order valence-corrected chi connectivity index (χ0v) is 18.6. The Kier molecular flexibility index (Phi) is 6.54. The molecule has 180 valence electrons. The first kappa shape index (κ1) is 23.7. The lowest BCUT2D eigenvalue weighted by molar-refractivity contribution is -0.166. The van der Waals surface area contributed by atoms with Crippen molar-refractivity contribution in [2.45, 2.75) is 49.9 Å². The molecule has 9 heteroatoms. The number of hydrogen-bond donors (Lipinski definition) is 2. The third kappa shape index (κ3) is 5.03. The first-order valence-corrected chi connectivity index (χ1v) is 11.0. The number of methoxy groups -OCH3 is 1. The fraction of sp³-hybridized carbons (Fsp3) is 0.360. The highest BCUT2D eigenvalue weighted by Crippen LogP contribution is 2.36. The number of halogens is 3. The average molecular weight is 474 g/mol. The van der Waals surface area contributed by atoms with Crippen molar-refractivity contribution in [3.05, 3.63) is 66.1 Å². The lowest BCUT2D eigenvalue weighted by Crippen LogP contribution is -2.45. The molecule has 2 N–H and O–H groups in total. The van der Waals surface area contributed by atoms with E-state index in [1.165, 1.54) is 12.1 Å². The highest BCUT2D eigenvalue weighted by molar-refractivity contribution is 5.91. The summed E-state index contributed by atoms with van der Waals surface area (Å²) in [5, 5.41) is 6.90. The summed E-state index contributed by atoms with van der Waals surface area (Å²) in [5.74, 6) is -0.561. The second kappa shape index (κ2) is 9.40. The molecule has 1 aliphatic rings. The van der Waals surface area contributed by atoms with Crippen LogP contribution >= 0.6 is 0 Å². The molecular weight excluding hydrogens is 449 g/mol. The monoisotopic (exact) mass is 474 g/mol. The van der Waals surface area contributed by atoms with Gasteiger partial charge in [0.15, 0.2) is 6.04 Å². The summed E-state index contributed by atoms with van der Waals surface area (Å²) in [7, 11) is 1.59. The molecule has 2 atom stereocenters. The molecular formula is C25H25F3N2O4. The van der Waals surface area contributed by atoms with Crippen LogP contribution in [0.5, 0.6) is 5.75 Å². The number of carbonyl (C=O) groups excluding carboxylic acids is 2. The summed E-state index contributed by atoms with van der Waals surface area (Å²) in [6, 6.07) is 11.8. The summed E-state index contributed by atoms with van der Waals surface area (Å²) in [6.45, 7) is 0. The van der Waals surface area contributed by atoms with E-state index < -0.39 is 23.7 Å². The van der Waals surface area contributed by atoms with Crippen molar-refractivity contribution in [2.24, 2.45) is 0 Å². The van der Waals surface area contributed by atoms with Crippen LogP contribution in [-0.2, 0) is 16.0 Å². The van der Waals surface area contributed by atoms with Crippen molar-refractivity contribution < 1.29 is 31.9 Å². The van der Waals surface area contributed by atoms with Crippen LogP contribution < -0.4 is 15.4 Å². The maximum Gasteiger partial charge on any atom is 0.415 e. The van der Waals surface area contributed by atoms with Crippen molar-refractivity contribution >= 4 is 22.6 Å². The standard InChI is InChI=1S/C25H25F3N2O4/c1-33-19-9-8-16(17-5-2-3-6-18(17)19)15-24(13-11-22(32)30-24)12-10-21(31)29-23(25(26,27)28)20-7-4-14-34-20/h2-9,14,23H,10-13,15H2,1H3,(H,29,31)(H,30,32). The summed E-state index contributed by atoms with van der Waals surface area (Å²) in [5.41, 5.74) is 0.229. The minimum atomic E-state index is -4.70. The Morgan fingerprint density at radius 2 is 1.94 bits per heavy atom. The van der Waals surface area contributed by atoms with E-state index in [4.69, 9.17) is 9.15 Å². The second-order valence-electron chi connectivity index (χ2n) is 8.54. The fourth-order valence-electron chi connectivity index (χ4n) is 4.57. The fourth-order valence-corrected chi connectivity index (χ4v) is 4.57. The number of alkyl halides is 3. The number of furan rings is 1. The van der Waals surface area contributed by atoms with Gasteiger partial charge in [-0.05, 0) is 48.4 Å². The first-order chi connectivity index (χ1) is 16.2. The van der Waals surface area contributed by atoms with E-state index in [1.807, 2.05) is 41.7 Å². The lowest BCUT2D eigenvalue weighted by Gasteiger charge is -2.30. The average Bonchev–Trinajstić information content (AvgIpc) is 3.46. The SMILES string of the molecule is COc1ccc(CC2(CCC(=O)NC(c3ccco3)C(F)(F)F)CCC(=O)N2)c2ccccc12. The quantitative estimate of drug-likeness (QED) is 0.490. The summed E-state index contributed by atoms with van der Waals surface area (Å²) >= 11 is 0. The number of fused-ring (bicyclic) bond motifs is 1. The van der Waals surface area contributed by atoms with E-state index in [0.29, 0.717) is 19.3 Å². The van der Waals surface area contributed by atoms with Gasteiger partial charge in [0.2, 0.25) is 11.8 Å². The smallest absolute Gasteiger partial charge is 0.415 e. The van der Waals surface area contributed by atoms with Crippen LogP contribution in [0.15, 0.2) is 59.2 Å². The molecule has 34 heavy (non-hydrogen) atoms. The highest BCUT2D eigenvalue weighted by Gasteiger charge is 2.44. The third-order valence-electron chi connectivity index (χ3n) is 6.25. The van der Waals surface area contributed by atoms with Crippen molar-refractivity contribution in [1.82, 2.24) is 10.6 Å². The van der Waals surface area contributed by atoms with E-state index >= 15 is 0 Å². The molecule has 3 aromatic rings. The van der Waals surface area contributed by atoms with Crippen molar-refractivity contribution in [2.75, 3.05) is 7.11 Å². The molecule has 2 heterocycles. The van der Waals surface area contributed by atoms with Gasteiger partial charge in [0.1, 0.15) is 11.5 Å². The van der Waals surface area contributed by atoms with Crippen LogP contribution in [0.4, 0.5) is 13.2 Å². The van der Waals surface area contributed by atoms with E-state index in [-0.39, 0.29) is 24.5 Å². The Balaban J connectivity index is 1.52. The van der Waals surface area contributed by atoms with Gasteiger partial charge in [0.05, 0.1) is 13.4 Å². The number of hydrogen-bond acceptors (Lipinski definition) is 4. The van der Waals surface area contributed by atoms with Gasteiger partial charge in [0, 0.05) is 23.8 Å². The summed E-state index contributed by atoms with van der Waals surface area (Å²) in [6.07, 6.45) is -2.32. The molecule has 0 aliphatic carbocycles. The van der Waals surface area contributed by atoms with Gasteiger partial charge < -0.3 is 19.8 Å². The van der Waals surface area contributed by atoms with Gasteiger partial charge in [-0.2, -0.15) is 13.2 Å². The van der Waals surface area contributed by atoms with Crippen LogP contribution in [0.25, 0.3) is 10.8 Å². The van der Waals surface area contributed by atoms with Crippen molar-refractivity contribution in [3.8, 4) is 5.75 Å². The van der Waals surface area contributed by atoms with E-state index in [0.717, 1.165) is 28.3 Å². The molecule has 1 fully saturated rings. The van der Waals surface area contributed by atoms with Crippen molar-refractivity contribution in [1.29, 1.82) is 0 Å². The largest absolute Gasteiger partial charge is 0.496 e. The Bertz CT molecular complexity index is 1180. The Labute approximate surface area is 194 Å². The normalized spacial score (nSPS) is 19.1. The zero-order chi connectivity index (χ0) is 24.3. The van der Waals surface area contributed by atoms with Gasteiger partial charge in [-0.15, -0.1) is 0 Å². The van der Waals surface area contributed by atoms with Crippen LogP contribution in [0.1, 0.15) is 43.0 Å². The van der Waals surface area contributed by atoms with Crippen molar-refractivity contribution in [3.63, 3.8) is 0 Å². The molecule has 2 amide bonds. The lowest BCUT2D eigenvalue weighted by atomic mass is 9.83. The topological polar surface area (TPSA) is 80.6 Å². The van der Waals surface area contributed by atoms with Gasteiger partial charge in [0.25, 0.3) is 0 Å². The molecule has 0 bridgehead atoms. The number of rotatable bonds is 8. The molecule has 2 aromatic carbocycles. The van der Waals surface area contributed by atoms with Crippen LogP contribution in [0.2, 0.25) is 0 Å². The molecule has 6 nitrogen and oxygen atoms in total. The minimum Gasteiger partial charge on any atom is -0.496 e. The van der Waals surface area contributed by atoms with E-state index in [1.54, 1.807) is 7.11 Å². The van der Waals surface area contributed by atoms with E-state index in [9.17, 15) is 22.8 Å². The number of nitrogens with one attached hydrogen (secondary N) is 2. The van der Waals surface area contributed by atoms with Gasteiger partial charge in [-0.3, -0.25) is 9.59 Å². The molecule has 0 radical (unpaired) electrons. The molecule has 2 unspecified atom stereocenters. The third-order valence-corrected chi connectivity index (χ3v) is 6.25. The Morgan fingerprint density at radius 1 is 1.18 bits per heavy atom. The molecule has 0 saturated carbocycles. The van der Waals surface area contributed by atoms with Crippen LogP contribution in [0.3, 0.4) is 0 Å². The van der Waals surface area contributed by atoms with Crippen LogP contribution in [0, 0.1) is 0 Å². The molecule has 1 aliphatic heterocycles. The number of amides is 2. The predicted molar refractivity (Wildman–Crippen MR) is 119 cm³/mol. The first-order valence-electron chi connectivity index (χ1n) is 11.0. The van der Waals surface area contributed by atoms with Gasteiger partial charge in [-0.25, -0.2) is 0 Å². The van der Waals surface area contributed by atoms with Gasteiger partial charge in [-0.1, -0.05) is 30.3 Å². The minimum absolute atomic E-state index is 0.137. The van der Waals surface area contributed by atoms with Crippen LogP contribution in [-0.4, -0.2) is 30.6 Å². The molecule has 0 spiro atoms. The number of ether oxygens (including phenoxy) is 1. The van der Waals surface area contributed by atoms with E-state index in [2.05, 4.69) is 5.32 Å². The number of carbonyl (C=O) groups is 2. The predicted octanol–water partition coefficient (Wildman–Crippen LogP) is 4.83. The maximum atomic E-state index is 13.5. The Hall–Kier alpha value is -3.49. The second-order valence-corrected chi connectivity index (χ2v) is 8.54. The summed E-state index contributed by atoms with van der Waals surface area (Å²) in [4.78, 5) is 24.7. The maximum absolute atomic E-state index is 13.5. The molecule has 4 rings (SSSR count). The number of benzene rings is 2. The molecule has 1 aromatic heterocycles. The summed E-state index contributed by atoms with van der Waals surface area (Å²) < 4.78 is 50.7. The zero-order valence-electron chi connectivity index (χ0n) is 18.6. The molecule has 1 saturated heterocycles. The van der Waals surface area contributed by atoms with Gasteiger partial charge >= 0.3 is 6.18 Å². The highest BCUT2D eigenvalue weighted by atomic mass is 19.4.